The molecule has 1 aliphatic heterocycles. The molecule has 0 aromatic heterocycles. The van der Waals surface area contributed by atoms with Crippen LogP contribution < -0.4 is 5.32 Å². The van der Waals surface area contributed by atoms with Gasteiger partial charge < -0.3 is 10.2 Å². The van der Waals surface area contributed by atoms with Crippen molar-refractivity contribution in [3.63, 3.8) is 0 Å². The Labute approximate surface area is 142 Å². The maximum Gasteiger partial charge on any atom is 0.317 e. The van der Waals surface area contributed by atoms with Gasteiger partial charge in [-0.3, -0.25) is 4.79 Å². The number of urea groups is 1. The van der Waals surface area contributed by atoms with E-state index in [1.54, 1.807) is 17.0 Å². The van der Waals surface area contributed by atoms with Gasteiger partial charge in [-0.1, -0.05) is 29.8 Å². The summed E-state index contributed by atoms with van der Waals surface area (Å²) < 4.78 is 24.2. The second kappa shape index (κ2) is 7.76. The first kappa shape index (κ1) is 18.4. The van der Waals surface area contributed by atoms with Crippen molar-refractivity contribution >= 4 is 21.8 Å². The number of hydrogen-bond acceptors (Lipinski definition) is 4. The van der Waals surface area contributed by atoms with Gasteiger partial charge >= 0.3 is 6.03 Å². The van der Waals surface area contributed by atoms with Crippen LogP contribution in [0.25, 0.3) is 0 Å². The summed E-state index contributed by atoms with van der Waals surface area (Å²) in [7, 11) is -3.21. The molecule has 0 bridgehead atoms. The molecule has 2 amide bonds. The Morgan fingerprint density at radius 2 is 1.67 bits per heavy atom. The van der Waals surface area contributed by atoms with Crippen LogP contribution in [-0.2, 0) is 10.0 Å². The number of amides is 2. The molecule has 1 aliphatic rings. The normalized spacial score (nSPS) is 16.0. The minimum Gasteiger partial charge on any atom is -0.338 e. The molecule has 0 unspecified atom stereocenters. The molecule has 0 saturated carbocycles. The van der Waals surface area contributed by atoms with E-state index < -0.39 is 10.0 Å². The molecule has 8 heteroatoms. The maximum absolute atomic E-state index is 12.1. The van der Waals surface area contributed by atoms with Crippen LogP contribution in [0.5, 0.6) is 0 Å². The molecule has 132 valence electrons. The Hall–Kier alpha value is -1.93. The molecule has 24 heavy (non-hydrogen) atoms. The van der Waals surface area contributed by atoms with Crippen LogP contribution in [-0.4, -0.2) is 68.4 Å². The number of rotatable bonds is 5. The molecule has 0 aliphatic carbocycles. The lowest BCUT2D eigenvalue weighted by molar-refractivity contribution is 0.0982. The summed E-state index contributed by atoms with van der Waals surface area (Å²) >= 11 is 0. The molecule has 7 nitrogen and oxygen atoms in total. The molecule has 1 fully saturated rings. The van der Waals surface area contributed by atoms with Crippen LogP contribution in [0, 0.1) is 6.92 Å². The molecule has 1 aromatic carbocycles. The first-order valence-electron chi connectivity index (χ1n) is 7.85. The largest absolute Gasteiger partial charge is 0.338 e. The van der Waals surface area contributed by atoms with Crippen LogP contribution >= 0.6 is 0 Å². The fourth-order valence-electron chi connectivity index (χ4n) is 2.50. The van der Waals surface area contributed by atoms with Crippen LogP contribution in [0.2, 0.25) is 0 Å². The Morgan fingerprint density at radius 1 is 1.08 bits per heavy atom. The summed E-state index contributed by atoms with van der Waals surface area (Å²) in [6.45, 7) is 3.52. The van der Waals surface area contributed by atoms with Gasteiger partial charge in [0.25, 0.3) is 0 Å². The summed E-state index contributed by atoms with van der Waals surface area (Å²) in [5.74, 6) is -0.0165. The summed E-state index contributed by atoms with van der Waals surface area (Å²) in [5.41, 5.74) is 1.73. The number of benzene rings is 1. The van der Waals surface area contributed by atoms with Gasteiger partial charge in [0.15, 0.2) is 5.78 Å². The molecule has 1 N–H and O–H groups in total. The average molecular weight is 353 g/mol. The van der Waals surface area contributed by atoms with Gasteiger partial charge in [0, 0.05) is 44.7 Å². The molecule has 0 spiro atoms. The van der Waals surface area contributed by atoms with Crippen molar-refractivity contribution < 1.29 is 18.0 Å². The summed E-state index contributed by atoms with van der Waals surface area (Å²) in [6, 6.07) is 7.06. The Balaban J connectivity index is 1.74. The van der Waals surface area contributed by atoms with E-state index in [4.69, 9.17) is 0 Å². The van der Waals surface area contributed by atoms with Gasteiger partial charge in [-0.15, -0.1) is 0 Å². The molecular formula is C16H23N3O4S. The van der Waals surface area contributed by atoms with Crippen LogP contribution in [0.4, 0.5) is 4.79 Å². The zero-order valence-electron chi connectivity index (χ0n) is 14.0. The standard InChI is InChI=1S/C16H23N3O4S/c1-13-3-5-14(6-4-13)15(20)7-8-17-16(21)18-9-11-19(12-10-18)24(2,22)23/h3-6H,7-12H2,1-2H3,(H,17,21). The molecule has 0 radical (unpaired) electrons. The Kier molecular flexibility index (Phi) is 5.95. The quantitative estimate of drug-likeness (QED) is 0.795. The van der Waals surface area contributed by atoms with Gasteiger partial charge in [-0.2, -0.15) is 4.31 Å². The van der Waals surface area contributed by atoms with Crippen molar-refractivity contribution in [2.45, 2.75) is 13.3 Å². The van der Waals surface area contributed by atoms with Crippen LogP contribution in [0.15, 0.2) is 24.3 Å². The highest BCUT2D eigenvalue weighted by atomic mass is 32.2. The lowest BCUT2D eigenvalue weighted by atomic mass is 10.1. The average Bonchev–Trinajstić information content (AvgIpc) is 2.54. The topological polar surface area (TPSA) is 86.8 Å². The zero-order valence-corrected chi connectivity index (χ0v) is 14.8. The van der Waals surface area contributed by atoms with Gasteiger partial charge in [-0.25, -0.2) is 13.2 Å². The van der Waals surface area contributed by atoms with E-state index in [1.165, 1.54) is 10.6 Å². The SMILES string of the molecule is Cc1ccc(C(=O)CCNC(=O)N2CCN(S(C)(=O)=O)CC2)cc1. The molecule has 2 rings (SSSR count). The Morgan fingerprint density at radius 3 is 2.21 bits per heavy atom. The van der Waals surface area contributed by atoms with Crippen molar-refractivity contribution in [3.05, 3.63) is 35.4 Å². The second-order valence-corrected chi connectivity index (χ2v) is 7.90. The smallest absolute Gasteiger partial charge is 0.317 e. The van der Waals surface area contributed by atoms with Gasteiger partial charge in [-0.05, 0) is 6.92 Å². The minimum absolute atomic E-state index is 0.0165. The van der Waals surface area contributed by atoms with E-state index in [9.17, 15) is 18.0 Å². The van der Waals surface area contributed by atoms with Crippen molar-refractivity contribution in [1.29, 1.82) is 0 Å². The molecule has 1 saturated heterocycles. The van der Waals surface area contributed by atoms with E-state index in [2.05, 4.69) is 5.32 Å². The van der Waals surface area contributed by atoms with Crippen LogP contribution in [0.3, 0.4) is 0 Å². The number of hydrogen-bond donors (Lipinski definition) is 1. The lowest BCUT2D eigenvalue weighted by Gasteiger charge is -2.33. The fourth-order valence-corrected chi connectivity index (χ4v) is 3.33. The number of piperazine rings is 1. The van der Waals surface area contributed by atoms with Gasteiger partial charge in [0.05, 0.1) is 6.26 Å². The number of carbonyl (C=O) groups excluding carboxylic acids is 2. The van der Waals surface area contributed by atoms with Gasteiger partial charge in [0.1, 0.15) is 0 Å². The minimum atomic E-state index is -3.21. The lowest BCUT2D eigenvalue weighted by Crippen LogP contribution is -2.53. The van der Waals surface area contributed by atoms with E-state index in [0.717, 1.165) is 5.56 Å². The molecule has 1 heterocycles. The fraction of sp³-hybridized carbons (Fsp3) is 0.500. The highest BCUT2D eigenvalue weighted by Gasteiger charge is 2.25. The number of ketones is 1. The van der Waals surface area contributed by atoms with E-state index in [0.29, 0.717) is 31.7 Å². The number of carbonyl (C=O) groups is 2. The molecular weight excluding hydrogens is 330 g/mol. The van der Waals surface area contributed by atoms with Crippen molar-refractivity contribution in [1.82, 2.24) is 14.5 Å². The monoisotopic (exact) mass is 353 g/mol. The predicted octanol–water partition coefficient (Wildman–Crippen LogP) is 0.855. The van der Waals surface area contributed by atoms with Crippen LogP contribution in [0.1, 0.15) is 22.3 Å². The molecule has 1 aromatic rings. The highest BCUT2D eigenvalue weighted by Crippen LogP contribution is 2.07. The van der Waals surface area contributed by atoms with Crippen molar-refractivity contribution in [3.8, 4) is 0 Å². The van der Waals surface area contributed by atoms with Crippen molar-refractivity contribution in [2.75, 3.05) is 39.0 Å². The maximum atomic E-state index is 12.1. The number of aryl methyl sites for hydroxylation is 1. The third-order valence-corrected chi connectivity index (χ3v) is 5.30. The number of nitrogens with zero attached hydrogens (tertiary/aromatic N) is 2. The van der Waals surface area contributed by atoms with E-state index >= 15 is 0 Å². The summed E-state index contributed by atoms with van der Waals surface area (Å²) in [5, 5.41) is 2.72. The third kappa shape index (κ3) is 5.04. The Bertz CT molecular complexity index is 693. The predicted molar refractivity (Wildman–Crippen MR) is 91.5 cm³/mol. The summed E-state index contributed by atoms with van der Waals surface area (Å²) in [4.78, 5) is 25.6. The summed E-state index contributed by atoms with van der Waals surface area (Å²) in [6.07, 6.45) is 1.40. The first-order chi connectivity index (χ1) is 11.3. The van der Waals surface area contributed by atoms with E-state index in [1.807, 2.05) is 19.1 Å². The molecule has 0 atom stereocenters. The number of sulfonamides is 1. The highest BCUT2D eigenvalue weighted by molar-refractivity contribution is 7.88. The zero-order chi connectivity index (χ0) is 17.7. The second-order valence-electron chi connectivity index (χ2n) is 5.92. The number of nitrogens with one attached hydrogen (secondary N) is 1. The van der Waals surface area contributed by atoms with Gasteiger partial charge in [0.2, 0.25) is 10.0 Å². The van der Waals surface area contributed by atoms with E-state index in [-0.39, 0.29) is 24.8 Å². The first-order valence-corrected chi connectivity index (χ1v) is 9.70. The number of Topliss-reactive ketones (excluding diaryl/α,β-unsaturated/α-hetero) is 1. The van der Waals surface area contributed by atoms with Crippen molar-refractivity contribution in [2.24, 2.45) is 0 Å². The third-order valence-electron chi connectivity index (χ3n) is 4.00.